The minimum atomic E-state index is -0.168. The van der Waals surface area contributed by atoms with Crippen LogP contribution in [0.25, 0.3) is 22.0 Å². The van der Waals surface area contributed by atoms with Crippen molar-refractivity contribution in [1.82, 2.24) is 15.1 Å². The maximum atomic E-state index is 12.7. The van der Waals surface area contributed by atoms with Crippen molar-refractivity contribution in [1.29, 1.82) is 0 Å². The van der Waals surface area contributed by atoms with Gasteiger partial charge in [0, 0.05) is 52.9 Å². The summed E-state index contributed by atoms with van der Waals surface area (Å²) in [6.07, 6.45) is 0. The van der Waals surface area contributed by atoms with Crippen LogP contribution in [0.15, 0.2) is 97.1 Å². The molecular weight excluding hydrogens is 474 g/mol. The summed E-state index contributed by atoms with van der Waals surface area (Å²) in [7, 11) is 3.46. The van der Waals surface area contributed by atoms with Crippen molar-refractivity contribution in [3.63, 3.8) is 0 Å². The van der Waals surface area contributed by atoms with Crippen LogP contribution in [0.2, 0.25) is 0 Å². The van der Waals surface area contributed by atoms with Crippen molar-refractivity contribution in [3.8, 4) is 11.3 Å². The molecule has 0 saturated heterocycles. The van der Waals surface area contributed by atoms with E-state index >= 15 is 0 Å². The molecule has 0 fully saturated rings. The predicted molar refractivity (Wildman–Crippen MR) is 152 cm³/mol. The van der Waals surface area contributed by atoms with Crippen LogP contribution < -0.4 is 10.6 Å². The maximum Gasteiger partial charge on any atom is 0.255 e. The zero-order chi connectivity index (χ0) is 26.6. The van der Waals surface area contributed by atoms with Gasteiger partial charge in [0.1, 0.15) is 5.69 Å². The fourth-order valence-corrected chi connectivity index (χ4v) is 4.19. The first-order valence-electron chi connectivity index (χ1n) is 12.2. The Bertz CT molecular complexity index is 1630. The number of carbonyl (C=O) groups excluding carboxylic acids is 2. The smallest absolute Gasteiger partial charge is 0.255 e. The van der Waals surface area contributed by atoms with E-state index in [1.807, 2.05) is 79.7 Å². The summed E-state index contributed by atoms with van der Waals surface area (Å²) < 4.78 is 0. The summed E-state index contributed by atoms with van der Waals surface area (Å²) in [5, 5.41) is 17.1. The van der Waals surface area contributed by atoms with Crippen LogP contribution in [-0.2, 0) is 0 Å². The lowest BCUT2D eigenvalue weighted by Gasteiger charge is -2.13. The number of nitrogens with one attached hydrogen (secondary N) is 2. The summed E-state index contributed by atoms with van der Waals surface area (Å²) in [5.74, 6) is 0.394. The van der Waals surface area contributed by atoms with Gasteiger partial charge in [-0.25, -0.2) is 0 Å². The number of aromatic nitrogens is 2. The molecule has 0 aliphatic carbocycles. The number of para-hydroxylation sites is 1. The fraction of sp³-hybridized carbons (Fsp3) is 0.0968. The van der Waals surface area contributed by atoms with Gasteiger partial charge < -0.3 is 15.5 Å². The van der Waals surface area contributed by atoms with Crippen LogP contribution in [0.4, 0.5) is 17.2 Å². The van der Waals surface area contributed by atoms with Crippen molar-refractivity contribution < 1.29 is 9.59 Å². The van der Waals surface area contributed by atoms with Crippen LogP contribution in [0, 0.1) is 6.92 Å². The molecule has 0 aliphatic rings. The third-order valence-electron chi connectivity index (χ3n) is 6.30. The molecule has 7 heteroatoms. The van der Waals surface area contributed by atoms with Gasteiger partial charge in [0.2, 0.25) is 0 Å². The van der Waals surface area contributed by atoms with E-state index in [2.05, 4.69) is 20.8 Å². The molecule has 0 radical (unpaired) electrons. The number of anilines is 3. The van der Waals surface area contributed by atoms with E-state index in [4.69, 9.17) is 0 Å². The number of carbonyl (C=O) groups is 2. The van der Waals surface area contributed by atoms with E-state index in [1.54, 1.807) is 43.3 Å². The Kier molecular flexibility index (Phi) is 6.82. The van der Waals surface area contributed by atoms with Crippen LogP contribution in [0.3, 0.4) is 0 Å². The first kappa shape index (κ1) is 24.6. The van der Waals surface area contributed by atoms with Crippen molar-refractivity contribution in [2.45, 2.75) is 6.92 Å². The van der Waals surface area contributed by atoms with Gasteiger partial charge in [0.05, 0.1) is 0 Å². The number of hydrogen-bond acceptors (Lipinski definition) is 5. The van der Waals surface area contributed by atoms with Gasteiger partial charge in [0.15, 0.2) is 5.82 Å². The Morgan fingerprint density at radius 2 is 1.34 bits per heavy atom. The molecule has 7 nitrogen and oxygen atoms in total. The summed E-state index contributed by atoms with van der Waals surface area (Å²) in [4.78, 5) is 26.5. The Labute approximate surface area is 221 Å². The topological polar surface area (TPSA) is 87.2 Å². The monoisotopic (exact) mass is 501 g/mol. The number of nitrogens with zero attached hydrogens (tertiary/aromatic N) is 3. The molecule has 2 amide bonds. The minimum Gasteiger partial charge on any atom is -0.345 e. The quantitative estimate of drug-likeness (QED) is 0.285. The summed E-state index contributed by atoms with van der Waals surface area (Å²) in [5.41, 5.74) is 5.37. The van der Waals surface area contributed by atoms with E-state index in [9.17, 15) is 9.59 Å². The number of benzene rings is 4. The van der Waals surface area contributed by atoms with Gasteiger partial charge >= 0.3 is 0 Å². The molecule has 0 saturated carbocycles. The highest BCUT2D eigenvalue weighted by molar-refractivity contribution is 6.05. The molecule has 1 aromatic heterocycles. The first-order valence-corrected chi connectivity index (χ1v) is 12.2. The zero-order valence-electron chi connectivity index (χ0n) is 21.4. The molecule has 0 atom stereocenters. The second kappa shape index (κ2) is 10.5. The molecule has 4 aromatic carbocycles. The van der Waals surface area contributed by atoms with Crippen LogP contribution in [-0.4, -0.2) is 41.0 Å². The van der Waals surface area contributed by atoms with Crippen LogP contribution >= 0.6 is 0 Å². The van der Waals surface area contributed by atoms with Gasteiger partial charge in [-0.15, -0.1) is 10.2 Å². The van der Waals surface area contributed by atoms with Gasteiger partial charge in [-0.2, -0.15) is 0 Å². The van der Waals surface area contributed by atoms with E-state index in [0.29, 0.717) is 16.9 Å². The third-order valence-corrected chi connectivity index (χ3v) is 6.30. The Morgan fingerprint density at radius 3 is 2.03 bits per heavy atom. The Balaban J connectivity index is 1.38. The fourth-order valence-electron chi connectivity index (χ4n) is 4.19. The van der Waals surface area contributed by atoms with Gasteiger partial charge in [-0.1, -0.05) is 54.6 Å². The van der Waals surface area contributed by atoms with Crippen LogP contribution in [0.5, 0.6) is 0 Å². The summed E-state index contributed by atoms with van der Waals surface area (Å²) in [6.45, 7) is 1.96. The van der Waals surface area contributed by atoms with Crippen LogP contribution in [0.1, 0.15) is 26.3 Å². The summed E-state index contributed by atoms with van der Waals surface area (Å²) >= 11 is 0. The molecule has 38 heavy (non-hydrogen) atoms. The van der Waals surface area contributed by atoms with E-state index in [-0.39, 0.29) is 11.8 Å². The number of fused-ring (bicyclic) bond motifs is 1. The zero-order valence-corrected chi connectivity index (χ0v) is 21.4. The standard InChI is InChI=1S/C31H27N5O2/c1-20-8-4-7-11-27(20)33-30(37)22-16-18-24(19-17-22)32-29-26-10-6-5-9-25(26)28(34-35-29)21-12-14-23(15-13-21)31(38)36(2)3/h4-19H,1-3H3,(H,32,35)(H,33,37). The largest absolute Gasteiger partial charge is 0.345 e. The van der Waals surface area contributed by atoms with Crippen molar-refractivity contribution in [2.75, 3.05) is 24.7 Å². The second-order valence-electron chi connectivity index (χ2n) is 9.19. The molecule has 5 rings (SSSR count). The van der Waals surface area contributed by atoms with Crippen molar-refractivity contribution >= 4 is 39.8 Å². The van der Waals surface area contributed by atoms with Crippen molar-refractivity contribution in [3.05, 3.63) is 114 Å². The normalized spacial score (nSPS) is 10.7. The molecule has 1 heterocycles. The average Bonchev–Trinajstić information content (AvgIpc) is 2.94. The second-order valence-corrected chi connectivity index (χ2v) is 9.19. The lowest BCUT2D eigenvalue weighted by Crippen LogP contribution is -2.21. The van der Waals surface area contributed by atoms with E-state index < -0.39 is 0 Å². The Morgan fingerprint density at radius 1 is 0.711 bits per heavy atom. The Hall–Kier alpha value is -5.04. The SMILES string of the molecule is Cc1ccccc1NC(=O)c1ccc(Nc2nnc(-c3ccc(C(=O)N(C)C)cc3)c3ccccc23)cc1. The first-order chi connectivity index (χ1) is 18.4. The number of rotatable bonds is 6. The van der Waals surface area contributed by atoms with E-state index in [0.717, 1.165) is 39.0 Å². The highest BCUT2D eigenvalue weighted by Gasteiger charge is 2.14. The predicted octanol–water partition coefficient (Wildman–Crippen LogP) is 6.30. The molecule has 0 spiro atoms. The maximum absolute atomic E-state index is 12.7. The molecular formula is C31H27N5O2. The van der Waals surface area contributed by atoms with Gasteiger partial charge in [0.25, 0.3) is 11.8 Å². The molecule has 188 valence electrons. The van der Waals surface area contributed by atoms with Gasteiger partial charge in [-0.3, -0.25) is 9.59 Å². The van der Waals surface area contributed by atoms with E-state index in [1.165, 1.54) is 0 Å². The highest BCUT2D eigenvalue weighted by atomic mass is 16.2. The van der Waals surface area contributed by atoms with Gasteiger partial charge in [-0.05, 0) is 55.0 Å². The number of hydrogen-bond donors (Lipinski definition) is 2. The molecule has 5 aromatic rings. The molecule has 0 unspecified atom stereocenters. The average molecular weight is 502 g/mol. The number of aryl methyl sites for hydroxylation is 1. The molecule has 2 N–H and O–H groups in total. The summed E-state index contributed by atoms with van der Waals surface area (Å²) in [6, 6.07) is 30.2. The number of amides is 2. The molecule has 0 bridgehead atoms. The highest BCUT2D eigenvalue weighted by Crippen LogP contribution is 2.31. The molecule has 0 aliphatic heterocycles. The third kappa shape index (κ3) is 5.08. The lowest BCUT2D eigenvalue weighted by molar-refractivity contribution is 0.0827. The lowest BCUT2D eigenvalue weighted by atomic mass is 10.0. The minimum absolute atomic E-state index is 0.0503. The van der Waals surface area contributed by atoms with Crippen molar-refractivity contribution in [2.24, 2.45) is 0 Å².